The summed E-state index contributed by atoms with van der Waals surface area (Å²) in [6, 6.07) is 5.57. The van der Waals surface area contributed by atoms with Gasteiger partial charge in [-0.2, -0.15) is 0 Å². The van der Waals surface area contributed by atoms with Gasteiger partial charge in [0.1, 0.15) is 11.4 Å². The zero-order valence-electron chi connectivity index (χ0n) is 11.4. The second kappa shape index (κ2) is 6.30. The number of carboxylic acids is 1. The van der Waals surface area contributed by atoms with Crippen LogP contribution in [0, 0.1) is 18.6 Å². The first kappa shape index (κ1) is 14.9. The predicted octanol–water partition coefficient (Wildman–Crippen LogP) is 3.02. The van der Waals surface area contributed by atoms with Crippen molar-refractivity contribution in [3.05, 3.63) is 58.8 Å². The summed E-state index contributed by atoms with van der Waals surface area (Å²) in [6.07, 6.45) is 1.78. The van der Waals surface area contributed by atoms with Gasteiger partial charge in [-0.05, 0) is 42.7 Å². The van der Waals surface area contributed by atoms with Crippen LogP contribution in [0.2, 0.25) is 0 Å². The molecule has 4 nitrogen and oxygen atoms in total. The molecular weight excluding hydrogens is 278 g/mol. The summed E-state index contributed by atoms with van der Waals surface area (Å²) >= 11 is 0. The molecule has 0 aliphatic heterocycles. The van der Waals surface area contributed by atoms with E-state index in [1.807, 2.05) is 0 Å². The lowest BCUT2D eigenvalue weighted by Crippen LogP contribution is -2.11. The summed E-state index contributed by atoms with van der Waals surface area (Å²) in [5.74, 6) is -2.63. The molecule has 0 unspecified atom stereocenters. The molecule has 110 valence electrons. The monoisotopic (exact) mass is 292 g/mol. The zero-order chi connectivity index (χ0) is 15.4. The molecule has 21 heavy (non-hydrogen) atoms. The minimum absolute atomic E-state index is 0.102. The number of anilines is 1. The highest BCUT2D eigenvalue weighted by Crippen LogP contribution is 2.16. The van der Waals surface area contributed by atoms with Crippen LogP contribution in [0.5, 0.6) is 0 Å². The minimum atomic E-state index is -1.34. The van der Waals surface area contributed by atoms with Gasteiger partial charge in [-0.15, -0.1) is 0 Å². The van der Waals surface area contributed by atoms with Crippen molar-refractivity contribution in [2.75, 3.05) is 11.9 Å². The zero-order valence-corrected chi connectivity index (χ0v) is 11.4. The number of nitrogens with one attached hydrogen (secondary N) is 1. The van der Waals surface area contributed by atoms with Crippen LogP contribution in [0.3, 0.4) is 0 Å². The highest BCUT2D eigenvalue weighted by Gasteiger charge is 2.14. The second-order valence-electron chi connectivity index (χ2n) is 4.57. The van der Waals surface area contributed by atoms with E-state index in [9.17, 15) is 13.6 Å². The minimum Gasteiger partial charge on any atom is -0.478 e. The summed E-state index contributed by atoms with van der Waals surface area (Å²) in [4.78, 5) is 14.6. The van der Waals surface area contributed by atoms with Gasteiger partial charge >= 0.3 is 5.97 Å². The molecule has 2 rings (SSSR count). The first-order valence-corrected chi connectivity index (χ1v) is 6.35. The molecule has 0 spiro atoms. The normalized spacial score (nSPS) is 10.4. The molecule has 2 aromatic rings. The van der Waals surface area contributed by atoms with Gasteiger partial charge in [0, 0.05) is 12.7 Å². The average Bonchev–Trinajstić information content (AvgIpc) is 2.42. The van der Waals surface area contributed by atoms with Crippen LogP contribution in [0.25, 0.3) is 0 Å². The lowest BCUT2D eigenvalue weighted by Gasteiger charge is -2.09. The van der Waals surface area contributed by atoms with E-state index in [0.29, 0.717) is 13.0 Å². The van der Waals surface area contributed by atoms with Gasteiger partial charge in [0.25, 0.3) is 0 Å². The van der Waals surface area contributed by atoms with Crippen molar-refractivity contribution in [3.8, 4) is 0 Å². The van der Waals surface area contributed by atoms with E-state index < -0.39 is 17.3 Å². The van der Waals surface area contributed by atoms with Crippen molar-refractivity contribution in [3.63, 3.8) is 0 Å². The number of aromatic carboxylic acids is 1. The topological polar surface area (TPSA) is 62.2 Å². The first-order chi connectivity index (χ1) is 9.99. The Morgan fingerprint density at radius 1 is 1.33 bits per heavy atom. The molecule has 0 radical (unpaired) electrons. The Labute approximate surface area is 120 Å². The summed E-state index contributed by atoms with van der Waals surface area (Å²) in [7, 11) is 0. The summed E-state index contributed by atoms with van der Waals surface area (Å²) < 4.78 is 26.8. The number of hydrogen-bond donors (Lipinski definition) is 2. The largest absolute Gasteiger partial charge is 0.478 e. The lowest BCUT2D eigenvalue weighted by atomic mass is 10.1. The third-order valence-corrected chi connectivity index (χ3v) is 3.11. The maximum atomic E-state index is 13.8. The number of aryl methyl sites for hydroxylation is 1. The van der Waals surface area contributed by atoms with Crippen LogP contribution in [-0.4, -0.2) is 22.6 Å². The number of aromatic nitrogens is 1. The van der Waals surface area contributed by atoms with E-state index in [0.717, 1.165) is 17.2 Å². The number of nitrogens with zero attached hydrogens (tertiary/aromatic N) is 1. The van der Waals surface area contributed by atoms with Gasteiger partial charge in [0.15, 0.2) is 11.6 Å². The molecule has 0 saturated carbocycles. The smallest absolute Gasteiger partial charge is 0.338 e. The van der Waals surface area contributed by atoms with Gasteiger partial charge in [0.2, 0.25) is 0 Å². The van der Waals surface area contributed by atoms with E-state index >= 15 is 0 Å². The third-order valence-electron chi connectivity index (χ3n) is 3.11. The van der Waals surface area contributed by atoms with Crippen LogP contribution >= 0.6 is 0 Å². The van der Waals surface area contributed by atoms with Gasteiger partial charge in [0.05, 0.1) is 0 Å². The van der Waals surface area contributed by atoms with Crippen molar-refractivity contribution in [2.24, 2.45) is 0 Å². The molecule has 0 fully saturated rings. The molecule has 1 heterocycles. The van der Waals surface area contributed by atoms with Crippen LogP contribution in [0.1, 0.15) is 21.5 Å². The highest BCUT2D eigenvalue weighted by molar-refractivity contribution is 5.88. The standard InChI is InChI=1S/C15H14F2N2O2/c1-9-8-11(16)3-2-10(9)4-6-18-14-13(17)12(15(20)21)5-7-19-14/h2-3,5,7-8H,4,6H2,1H3,(H,18,19)(H,20,21). The van der Waals surface area contributed by atoms with Crippen molar-refractivity contribution in [1.29, 1.82) is 0 Å². The average molecular weight is 292 g/mol. The predicted molar refractivity (Wildman–Crippen MR) is 74.5 cm³/mol. The first-order valence-electron chi connectivity index (χ1n) is 6.35. The van der Waals surface area contributed by atoms with E-state index in [1.54, 1.807) is 13.0 Å². The molecule has 1 aromatic carbocycles. The SMILES string of the molecule is Cc1cc(F)ccc1CCNc1nccc(C(=O)O)c1F. The lowest BCUT2D eigenvalue weighted by molar-refractivity contribution is 0.0692. The van der Waals surface area contributed by atoms with Crippen LogP contribution in [0.4, 0.5) is 14.6 Å². The van der Waals surface area contributed by atoms with Gasteiger partial charge in [-0.25, -0.2) is 18.6 Å². The van der Waals surface area contributed by atoms with Crippen LogP contribution < -0.4 is 5.32 Å². The Bertz CT molecular complexity index is 675. The Kier molecular flexibility index (Phi) is 4.47. The Hall–Kier alpha value is -2.50. The Morgan fingerprint density at radius 3 is 2.76 bits per heavy atom. The molecule has 0 amide bonds. The number of rotatable bonds is 5. The number of pyridine rings is 1. The molecule has 2 N–H and O–H groups in total. The number of benzene rings is 1. The van der Waals surface area contributed by atoms with Crippen molar-refractivity contribution < 1.29 is 18.7 Å². The van der Waals surface area contributed by atoms with E-state index in [-0.39, 0.29) is 11.6 Å². The summed E-state index contributed by atoms with van der Waals surface area (Å²) in [6.45, 7) is 2.15. The number of carbonyl (C=O) groups is 1. The Morgan fingerprint density at radius 2 is 2.10 bits per heavy atom. The third kappa shape index (κ3) is 3.53. The maximum Gasteiger partial charge on any atom is 0.338 e. The molecule has 6 heteroatoms. The molecule has 0 aliphatic rings. The fourth-order valence-electron chi connectivity index (χ4n) is 1.99. The second-order valence-corrected chi connectivity index (χ2v) is 4.57. The van der Waals surface area contributed by atoms with Gasteiger partial charge in [-0.1, -0.05) is 6.07 Å². The fourth-order valence-corrected chi connectivity index (χ4v) is 1.99. The van der Waals surface area contributed by atoms with Crippen LogP contribution in [0.15, 0.2) is 30.5 Å². The maximum absolute atomic E-state index is 13.8. The van der Waals surface area contributed by atoms with Crippen molar-refractivity contribution in [1.82, 2.24) is 4.98 Å². The van der Waals surface area contributed by atoms with Gasteiger partial charge in [-0.3, -0.25) is 0 Å². The van der Waals surface area contributed by atoms with Crippen molar-refractivity contribution in [2.45, 2.75) is 13.3 Å². The molecule has 1 aromatic heterocycles. The quantitative estimate of drug-likeness (QED) is 0.889. The number of hydrogen-bond acceptors (Lipinski definition) is 3. The van der Waals surface area contributed by atoms with Crippen LogP contribution in [-0.2, 0) is 6.42 Å². The van der Waals surface area contributed by atoms with Gasteiger partial charge < -0.3 is 10.4 Å². The summed E-state index contributed by atoms with van der Waals surface area (Å²) in [5, 5.41) is 11.6. The summed E-state index contributed by atoms with van der Waals surface area (Å²) in [5.41, 5.74) is 1.31. The Balaban J connectivity index is 2.04. The number of halogens is 2. The number of carboxylic acid groups (broad SMARTS) is 1. The highest BCUT2D eigenvalue weighted by atomic mass is 19.1. The molecule has 0 aliphatic carbocycles. The molecule has 0 atom stereocenters. The van der Waals surface area contributed by atoms with E-state index in [4.69, 9.17) is 5.11 Å². The molecular formula is C15H14F2N2O2. The van der Waals surface area contributed by atoms with E-state index in [2.05, 4.69) is 10.3 Å². The van der Waals surface area contributed by atoms with Crippen molar-refractivity contribution >= 4 is 11.8 Å². The van der Waals surface area contributed by atoms with E-state index in [1.165, 1.54) is 18.3 Å². The fraction of sp³-hybridized carbons (Fsp3) is 0.200. The molecule has 0 bridgehead atoms. The molecule has 0 saturated heterocycles.